The van der Waals surface area contributed by atoms with Crippen molar-refractivity contribution in [1.29, 1.82) is 0 Å². The van der Waals surface area contributed by atoms with E-state index in [4.69, 9.17) is 0 Å². The molecule has 3 amide bonds. The molecule has 3 N–H and O–H groups in total. The summed E-state index contributed by atoms with van der Waals surface area (Å²) in [6, 6.07) is 14.7. The Bertz CT molecular complexity index is 1440. The van der Waals surface area contributed by atoms with Crippen molar-refractivity contribution in [3.8, 4) is 0 Å². The monoisotopic (exact) mass is 606 g/mol. The maximum atomic E-state index is 14.1. The van der Waals surface area contributed by atoms with Gasteiger partial charge in [-0.15, -0.1) is 0 Å². The summed E-state index contributed by atoms with van der Waals surface area (Å²) in [5.74, 6) is -2.77. The second-order valence-electron chi connectivity index (χ2n) is 11.2. The number of amides is 3. The van der Waals surface area contributed by atoms with Crippen LogP contribution in [0.4, 0.5) is 14.5 Å². The summed E-state index contributed by atoms with van der Waals surface area (Å²) in [5.41, 5.74) is 2.12. The minimum atomic E-state index is -1.46. The number of para-hydroxylation sites is 1. The van der Waals surface area contributed by atoms with Crippen molar-refractivity contribution in [1.82, 2.24) is 15.5 Å². The lowest BCUT2D eigenvalue weighted by Gasteiger charge is -2.38. The zero-order valence-corrected chi connectivity index (χ0v) is 25.4. The Morgan fingerprint density at radius 1 is 1.00 bits per heavy atom. The van der Waals surface area contributed by atoms with E-state index >= 15 is 0 Å². The quantitative estimate of drug-likeness (QED) is 0.286. The highest BCUT2D eigenvalue weighted by Crippen LogP contribution is 2.21. The maximum absolute atomic E-state index is 14.1. The van der Waals surface area contributed by atoms with Gasteiger partial charge in [-0.05, 0) is 79.8 Å². The van der Waals surface area contributed by atoms with Gasteiger partial charge in [0, 0.05) is 49.1 Å². The molecule has 3 aromatic rings. The van der Waals surface area contributed by atoms with Crippen LogP contribution >= 0.6 is 0 Å². The number of hydrogen-bond donors (Lipinski definition) is 3. The third kappa shape index (κ3) is 8.06. The van der Waals surface area contributed by atoms with E-state index in [0.29, 0.717) is 43.0 Å². The van der Waals surface area contributed by atoms with Gasteiger partial charge in [-0.25, -0.2) is 8.78 Å². The van der Waals surface area contributed by atoms with Gasteiger partial charge in [0.1, 0.15) is 17.7 Å². The van der Waals surface area contributed by atoms with Crippen molar-refractivity contribution < 1.29 is 28.3 Å². The van der Waals surface area contributed by atoms with Gasteiger partial charge < -0.3 is 25.5 Å². The van der Waals surface area contributed by atoms with Gasteiger partial charge in [-0.1, -0.05) is 32.0 Å². The number of rotatable bonds is 12. The van der Waals surface area contributed by atoms with E-state index in [2.05, 4.69) is 10.6 Å². The first-order valence-corrected chi connectivity index (χ1v) is 15.1. The van der Waals surface area contributed by atoms with Crippen molar-refractivity contribution in [2.45, 2.75) is 58.2 Å². The zero-order valence-electron chi connectivity index (χ0n) is 25.4. The molecule has 1 aliphatic heterocycles. The summed E-state index contributed by atoms with van der Waals surface area (Å²) in [4.78, 5) is 43.8. The summed E-state index contributed by atoms with van der Waals surface area (Å²) >= 11 is 0. The molecule has 1 aliphatic rings. The van der Waals surface area contributed by atoms with Crippen molar-refractivity contribution in [2.24, 2.45) is 0 Å². The Balaban J connectivity index is 1.63. The number of hydrogen-bond acceptors (Lipinski definition) is 5. The Morgan fingerprint density at radius 2 is 1.64 bits per heavy atom. The topological polar surface area (TPSA) is 102 Å². The lowest BCUT2D eigenvalue weighted by Crippen LogP contribution is -2.64. The van der Waals surface area contributed by atoms with E-state index in [9.17, 15) is 28.3 Å². The highest BCUT2D eigenvalue weighted by Gasteiger charge is 2.39. The maximum Gasteiger partial charge on any atom is 0.253 e. The van der Waals surface area contributed by atoms with Crippen molar-refractivity contribution >= 4 is 23.4 Å². The largest absolute Gasteiger partial charge is 0.389 e. The third-order valence-corrected chi connectivity index (χ3v) is 7.61. The van der Waals surface area contributed by atoms with Crippen LogP contribution in [-0.2, 0) is 11.2 Å². The van der Waals surface area contributed by atoms with Crippen LogP contribution in [0.3, 0.4) is 0 Å². The van der Waals surface area contributed by atoms with Crippen LogP contribution < -0.4 is 15.5 Å². The number of carbonyl (C=O) groups is 3. The Morgan fingerprint density at radius 3 is 2.27 bits per heavy atom. The minimum absolute atomic E-state index is 0.156. The van der Waals surface area contributed by atoms with E-state index in [1.807, 2.05) is 32.0 Å². The molecular weight excluding hydrogens is 566 g/mol. The van der Waals surface area contributed by atoms with Crippen LogP contribution in [-0.4, -0.2) is 72.1 Å². The molecule has 0 aromatic heterocycles. The molecule has 4 rings (SSSR count). The van der Waals surface area contributed by atoms with Crippen molar-refractivity contribution in [3.05, 3.63) is 101 Å². The number of nitrogens with one attached hydrogen (secondary N) is 2. The Hall–Kier alpha value is -4.15. The van der Waals surface area contributed by atoms with Crippen LogP contribution in [0.2, 0.25) is 0 Å². The van der Waals surface area contributed by atoms with Gasteiger partial charge in [0.15, 0.2) is 0 Å². The number of nitrogens with zero attached hydrogens (tertiary/aromatic N) is 2. The number of aliphatic hydroxyl groups excluding tert-OH is 1. The number of anilines is 1. The number of aryl methyl sites for hydroxylation is 1. The molecule has 234 valence electrons. The van der Waals surface area contributed by atoms with Crippen LogP contribution in [0.1, 0.15) is 58.5 Å². The normalized spacial score (nSPS) is 16.4. The Labute approximate surface area is 257 Å². The van der Waals surface area contributed by atoms with E-state index in [1.54, 1.807) is 41.0 Å². The first-order chi connectivity index (χ1) is 21.1. The van der Waals surface area contributed by atoms with E-state index in [1.165, 1.54) is 6.07 Å². The van der Waals surface area contributed by atoms with Gasteiger partial charge in [0.05, 0.1) is 12.1 Å². The molecule has 1 heterocycles. The summed E-state index contributed by atoms with van der Waals surface area (Å²) < 4.78 is 28.2. The number of piperazine rings is 1. The number of benzene rings is 3. The predicted molar refractivity (Wildman–Crippen MR) is 166 cm³/mol. The van der Waals surface area contributed by atoms with Gasteiger partial charge in [0.2, 0.25) is 5.91 Å². The smallest absolute Gasteiger partial charge is 0.253 e. The molecule has 3 aromatic carbocycles. The SMILES string of the molecule is CCCN(CCC)C(=O)c1cc(C)cc(C(=O)N[C@@H](Cc2cc(F)cc(F)c2)[C@H](O)C2NCCN(c3ccccc3)C2=O)c1. The van der Waals surface area contributed by atoms with E-state index in [0.717, 1.165) is 31.0 Å². The molecule has 0 aliphatic carbocycles. The fourth-order valence-corrected chi connectivity index (χ4v) is 5.63. The zero-order chi connectivity index (χ0) is 31.8. The fraction of sp³-hybridized carbons (Fsp3) is 0.382. The highest BCUT2D eigenvalue weighted by molar-refractivity contribution is 6.01. The standard InChI is InChI=1S/C34H40F2N4O4/c1-4-12-39(13-5-2)33(43)25-16-22(3)15-24(20-25)32(42)38-29(19-23-17-26(35)21-27(36)18-23)31(41)30-34(44)40(14-11-37-30)28-9-7-6-8-10-28/h6-10,15-18,20-21,29-31,37,41H,4-5,11-14,19H2,1-3H3,(H,38,42)/t29-,30?,31-/m0/s1. The molecule has 1 saturated heterocycles. The highest BCUT2D eigenvalue weighted by atomic mass is 19.1. The molecule has 44 heavy (non-hydrogen) atoms. The lowest BCUT2D eigenvalue weighted by atomic mass is 9.93. The molecule has 3 atom stereocenters. The minimum Gasteiger partial charge on any atom is -0.389 e. The first kappa shape index (κ1) is 32.8. The van der Waals surface area contributed by atoms with Crippen molar-refractivity contribution in [2.75, 3.05) is 31.1 Å². The number of carbonyl (C=O) groups excluding carboxylic acids is 3. The summed E-state index contributed by atoms with van der Waals surface area (Å²) in [5, 5.41) is 17.4. The molecule has 1 fully saturated rings. The Kier molecular flexibility index (Phi) is 11.2. The average molecular weight is 607 g/mol. The van der Waals surface area contributed by atoms with Gasteiger partial charge >= 0.3 is 0 Å². The lowest BCUT2D eigenvalue weighted by molar-refractivity contribution is -0.125. The van der Waals surface area contributed by atoms with Crippen molar-refractivity contribution in [3.63, 3.8) is 0 Å². The fourth-order valence-electron chi connectivity index (χ4n) is 5.63. The first-order valence-electron chi connectivity index (χ1n) is 15.1. The molecule has 8 nitrogen and oxygen atoms in total. The summed E-state index contributed by atoms with van der Waals surface area (Å²) in [6.07, 6.45) is -0.0297. The second-order valence-corrected chi connectivity index (χ2v) is 11.2. The molecule has 1 unspecified atom stereocenters. The van der Waals surface area contributed by atoms with Crippen LogP contribution in [0.5, 0.6) is 0 Å². The second kappa shape index (κ2) is 15.0. The van der Waals surface area contributed by atoms with Crippen LogP contribution in [0.25, 0.3) is 0 Å². The molecule has 0 spiro atoms. The summed E-state index contributed by atoms with van der Waals surface area (Å²) in [6.45, 7) is 7.70. The molecule has 0 bridgehead atoms. The molecular formula is C34H40F2N4O4. The molecule has 0 radical (unpaired) electrons. The van der Waals surface area contributed by atoms with Crippen LogP contribution in [0.15, 0.2) is 66.7 Å². The van der Waals surface area contributed by atoms with E-state index in [-0.39, 0.29) is 23.5 Å². The molecule has 0 saturated carbocycles. The third-order valence-electron chi connectivity index (χ3n) is 7.61. The van der Waals surface area contributed by atoms with Gasteiger partial charge in [0.25, 0.3) is 11.8 Å². The van der Waals surface area contributed by atoms with Gasteiger partial charge in [-0.2, -0.15) is 0 Å². The van der Waals surface area contributed by atoms with E-state index < -0.39 is 41.6 Å². The number of aliphatic hydroxyl groups is 1. The summed E-state index contributed by atoms with van der Waals surface area (Å²) in [7, 11) is 0. The molecule has 10 heteroatoms. The van der Waals surface area contributed by atoms with Crippen LogP contribution in [0, 0.1) is 18.6 Å². The predicted octanol–water partition coefficient (Wildman–Crippen LogP) is 4.24. The van der Waals surface area contributed by atoms with Gasteiger partial charge in [-0.3, -0.25) is 14.4 Å². The average Bonchev–Trinajstić information content (AvgIpc) is 2.99. The number of halogens is 2.